The second-order valence-corrected chi connectivity index (χ2v) is 4.21. The van der Waals surface area contributed by atoms with Gasteiger partial charge < -0.3 is 4.90 Å². The molecular weight excluding hydrogens is 214 g/mol. The quantitative estimate of drug-likeness (QED) is 0.694. The number of carbonyl (C=O) groups excluding carboxylic acids is 2. The summed E-state index contributed by atoms with van der Waals surface area (Å²) in [6.07, 6.45) is 3.89. The van der Waals surface area contributed by atoms with Gasteiger partial charge in [0, 0.05) is 7.05 Å². The summed E-state index contributed by atoms with van der Waals surface area (Å²) in [5, 5.41) is 0. The topological polar surface area (TPSA) is 37.4 Å². The van der Waals surface area contributed by atoms with Crippen LogP contribution >= 0.6 is 0 Å². The number of carbonyl (C=O) groups is 2. The molecule has 0 unspecified atom stereocenters. The molecule has 0 spiro atoms. The predicted octanol–water partition coefficient (Wildman–Crippen LogP) is 3.05. The van der Waals surface area contributed by atoms with Crippen LogP contribution in [0.1, 0.15) is 48.0 Å². The first-order valence-electron chi connectivity index (χ1n) is 6.30. The van der Waals surface area contributed by atoms with Gasteiger partial charge >= 0.3 is 0 Å². The van der Waals surface area contributed by atoms with E-state index in [2.05, 4.69) is 0 Å². The summed E-state index contributed by atoms with van der Waals surface area (Å²) in [5.41, 5.74) is 0. The highest BCUT2D eigenvalue weighted by atomic mass is 16.2. The van der Waals surface area contributed by atoms with Crippen molar-refractivity contribution in [3.05, 3.63) is 12.2 Å². The Balaban J connectivity index is 0. The van der Waals surface area contributed by atoms with Gasteiger partial charge in [-0.15, -0.1) is 0 Å². The molecule has 0 aliphatic heterocycles. The zero-order valence-electron chi connectivity index (χ0n) is 12.3. The minimum absolute atomic E-state index is 0.0454. The first-order chi connectivity index (χ1) is 7.90. The molecule has 0 aromatic rings. The normalized spacial score (nSPS) is 12.0. The molecule has 100 valence electrons. The summed E-state index contributed by atoms with van der Waals surface area (Å²) in [6, 6.07) is -0.298. The van der Waals surface area contributed by atoms with E-state index >= 15 is 0 Å². The molecule has 0 aliphatic carbocycles. The van der Waals surface area contributed by atoms with Gasteiger partial charge in [-0.05, 0) is 32.3 Å². The molecular formula is C14H27NO2. The summed E-state index contributed by atoms with van der Waals surface area (Å²) in [7, 11) is 1.68. The Hall–Kier alpha value is -1.12. The molecule has 3 heteroatoms. The fourth-order valence-electron chi connectivity index (χ4n) is 1.46. The van der Waals surface area contributed by atoms with Gasteiger partial charge in [0.05, 0.1) is 6.04 Å². The van der Waals surface area contributed by atoms with Crippen molar-refractivity contribution in [2.75, 3.05) is 7.05 Å². The number of allylic oxidation sites excluding steroid dienone is 1. The van der Waals surface area contributed by atoms with E-state index < -0.39 is 0 Å². The van der Waals surface area contributed by atoms with Gasteiger partial charge in [-0.1, -0.05) is 33.8 Å². The Morgan fingerprint density at radius 2 is 1.71 bits per heavy atom. The molecule has 0 aliphatic rings. The van der Waals surface area contributed by atoms with Gasteiger partial charge in [0.2, 0.25) is 5.91 Å². The van der Waals surface area contributed by atoms with Crippen LogP contribution in [0.25, 0.3) is 0 Å². The third kappa shape index (κ3) is 7.72. The highest BCUT2D eigenvalue weighted by Gasteiger charge is 2.23. The Labute approximate surface area is 106 Å². The van der Waals surface area contributed by atoms with Crippen LogP contribution in [0.2, 0.25) is 0 Å². The van der Waals surface area contributed by atoms with E-state index in [1.54, 1.807) is 20.0 Å². The van der Waals surface area contributed by atoms with Crippen molar-refractivity contribution >= 4 is 11.7 Å². The predicted molar refractivity (Wildman–Crippen MR) is 72.9 cm³/mol. The number of ketones is 1. The molecule has 0 aromatic carbocycles. The molecule has 0 heterocycles. The molecule has 1 atom stereocenters. The average molecular weight is 241 g/mol. The maximum Gasteiger partial charge on any atom is 0.246 e. The fourth-order valence-corrected chi connectivity index (χ4v) is 1.46. The van der Waals surface area contributed by atoms with Crippen LogP contribution in [0.15, 0.2) is 12.2 Å². The maximum absolute atomic E-state index is 11.6. The van der Waals surface area contributed by atoms with E-state index in [-0.39, 0.29) is 17.7 Å². The molecule has 3 nitrogen and oxygen atoms in total. The minimum atomic E-state index is -0.298. The number of hydrogen-bond donors (Lipinski definition) is 0. The monoisotopic (exact) mass is 241 g/mol. The number of Topliss-reactive ketones (excluding diaryl/α,β-unsaturated/α-hetero) is 1. The summed E-state index contributed by atoms with van der Waals surface area (Å²) < 4.78 is 0. The van der Waals surface area contributed by atoms with E-state index in [0.717, 1.165) is 6.42 Å². The molecule has 0 saturated carbocycles. The highest BCUT2D eigenvalue weighted by molar-refractivity contribution is 5.92. The SMILES string of the molecule is C/C=C/C(=O)N(C)[C@H](CC(C)C)C(C)=O.CC. The van der Waals surface area contributed by atoms with Crippen LogP contribution < -0.4 is 0 Å². The summed E-state index contributed by atoms with van der Waals surface area (Å²) >= 11 is 0. The first kappa shape index (κ1) is 18.3. The lowest BCUT2D eigenvalue weighted by Crippen LogP contribution is -2.41. The molecule has 0 rings (SSSR count). The Kier molecular flexibility index (Phi) is 10.8. The molecule has 17 heavy (non-hydrogen) atoms. The van der Waals surface area contributed by atoms with Crippen molar-refractivity contribution in [2.45, 2.75) is 54.0 Å². The van der Waals surface area contributed by atoms with Crippen molar-refractivity contribution in [1.82, 2.24) is 4.90 Å². The summed E-state index contributed by atoms with van der Waals surface area (Å²) in [4.78, 5) is 24.5. The van der Waals surface area contributed by atoms with Gasteiger partial charge in [0.25, 0.3) is 0 Å². The Bertz CT molecular complexity index is 257. The summed E-state index contributed by atoms with van der Waals surface area (Å²) in [5.74, 6) is 0.335. The number of likely N-dealkylation sites (N-methyl/N-ethyl adjacent to an activating group) is 1. The minimum Gasteiger partial charge on any atom is -0.332 e. The molecule has 1 amide bonds. The van der Waals surface area contributed by atoms with Crippen LogP contribution in [-0.2, 0) is 9.59 Å². The van der Waals surface area contributed by atoms with Crippen LogP contribution in [0.4, 0.5) is 0 Å². The third-order valence-electron chi connectivity index (χ3n) is 2.29. The van der Waals surface area contributed by atoms with Crippen molar-refractivity contribution in [3.8, 4) is 0 Å². The van der Waals surface area contributed by atoms with Gasteiger partial charge in [0.1, 0.15) is 0 Å². The van der Waals surface area contributed by atoms with E-state index in [1.807, 2.05) is 27.7 Å². The highest BCUT2D eigenvalue weighted by Crippen LogP contribution is 2.11. The first-order valence-corrected chi connectivity index (χ1v) is 6.30. The second kappa shape index (κ2) is 10.1. The number of hydrogen-bond acceptors (Lipinski definition) is 2. The lowest BCUT2D eigenvalue weighted by atomic mass is 10.00. The molecule has 0 fully saturated rings. The van der Waals surface area contributed by atoms with E-state index in [4.69, 9.17) is 0 Å². The summed E-state index contributed by atoms with van der Waals surface area (Å²) in [6.45, 7) is 11.4. The second-order valence-electron chi connectivity index (χ2n) is 4.21. The largest absolute Gasteiger partial charge is 0.332 e. The van der Waals surface area contributed by atoms with Gasteiger partial charge in [-0.25, -0.2) is 0 Å². The van der Waals surface area contributed by atoms with Crippen LogP contribution in [-0.4, -0.2) is 29.7 Å². The lowest BCUT2D eigenvalue weighted by Gasteiger charge is -2.26. The maximum atomic E-state index is 11.6. The third-order valence-corrected chi connectivity index (χ3v) is 2.29. The van der Waals surface area contributed by atoms with Crippen molar-refractivity contribution < 1.29 is 9.59 Å². The van der Waals surface area contributed by atoms with Crippen molar-refractivity contribution in [3.63, 3.8) is 0 Å². The number of amides is 1. The molecule has 0 saturated heterocycles. The van der Waals surface area contributed by atoms with Crippen LogP contribution in [0.3, 0.4) is 0 Å². The number of rotatable bonds is 5. The van der Waals surface area contributed by atoms with E-state index in [0.29, 0.717) is 5.92 Å². The smallest absolute Gasteiger partial charge is 0.246 e. The van der Waals surface area contributed by atoms with Crippen molar-refractivity contribution in [2.24, 2.45) is 5.92 Å². The molecule has 0 aromatic heterocycles. The van der Waals surface area contributed by atoms with Gasteiger partial charge in [0.15, 0.2) is 5.78 Å². The molecule has 0 N–H and O–H groups in total. The van der Waals surface area contributed by atoms with E-state index in [9.17, 15) is 9.59 Å². The van der Waals surface area contributed by atoms with E-state index in [1.165, 1.54) is 17.9 Å². The lowest BCUT2D eigenvalue weighted by molar-refractivity contribution is -0.134. The Morgan fingerprint density at radius 3 is 2.00 bits per heavy atom. The number of nitrogens with zero attached hydrogens (tertiary/aromatic N) is 1. The molecule has 0 bridgehead atoms. The van der Waals surface area contributed by atoms with Gasteiger partial charge in [-0.2, -0.15) is 0 Å². The fraction of sp³-hybridized carbons (Fsp3) is 0.714. The Morgan fingerprint density at radius 1 is 1.24 bits per heavy atom. The van der Waals surface area contributed by atoms with Crippen molar-refractivity contribution in [1.29, 1.82) is 0 Å². The average Bonchev–Trinajstić information content (AvgIpc) is 2.27. The zero-order valence-corrected chi connectivity index (χ0v) is 12.3. The van der Waals surface area contributed by atoms with Crippen LogP contribution in [0, 0.1) is 5.92 Å². The van der Waals surface area contributed by atoms with Gasteiger partial charge in [-0.3, -0.25) is 9.59 Å². The standard InChI is InChI=1S/C12H21NO2.C2H6/c1-6-7-12(15)13(5)11(10(4)14)8-9(2)3;1-2/h6-7,9,11H,8H2,1-5H3;1-2H3/b7-6+;/t11-;/m1./s1. The van der Waals surface area contributed by atoms with Crippen LogP contribution in [0.5, 0.6) is 0 Å². The zero-order chi connectivity index (χ0) is 14.0. The molecule has 0 radical (unpaired) electrons.